The molecular formula is C12H25Br. The van der Waals surface area contributed by atoms with Gasteiger partial charge in [0, 0.05) is 5.33 Å². The fraction of sp³-hybridized carbons (Fsp3) is 1.00. The second-order valence-corrected chi connectivity index (χ2v) is 4.77. The minimum atomic E-state index is 1.02. The highest BCUT2D eigenvalue weighted by Gasteiger charge is 2.05. The molecule has 0 aliphatic carbocycles. The molecular weight excluding hydrogens is 224 g/mol. The lowest BCUT2D eigenvalue weighted by atomic mass is 9.92. The molecule has 0 aromatic carbocycles. The third kappa shape index (κ3) is 8.80. The van der Waals surface area contributed by atoms with E-state index < -0.39 is 0 Å². The van der Waals surface area contributed by atoms with E-state index in [2.05, 4.69) is 29.8 Å². The zero-order valence-corrected chi connectivity index (χ0v) is 10.9. The fourth-order valence-electron chi connectivity index (χ4n) is 1.95. The predicted octanol–water partition coefficient (Wildman–Crippen LogP) is 5.16. The Balaban J connectivity index is 3.33. The molecule has 0 aliphatic rings. The first-order valence-electron chi connectivity index (χ1n) is 5.91. The second-order valence-electron chi connectivity index (χ2n) is 3.98. The molecule has 80 valence electrons. The Kier molecular flexibility index (Phi) is 11.0. The molecule has 0 aromatic rings. The summed E-state index contributed by atoms with van der Waals surface area (Å²) in [6.07, 6.45) is 11.3. The summed E-state index contributed by atoms with van der Waals surface area (Å²) < 4.78 is 0. The Hall–Kier alpha value is 0.480. The van der Waals surface area contributed by atoms with E-state index in [1.807, 2.05) is 0 Å². The number of unbranched alkanes of at least 4 members (excludes halogenated alkanes) is 2. The van der Waals surface area contributed by atoms with Gasteiger partial charge < -0.3 is 0 Å². The normalized spacial score (nSPS) is 11.1. The van der Waals surface area contributed by atoms with Gasteiger partial charge in [0.05, 0.1) is 0 Å². The maximum Gasteiger partial charge on any atom is 0.00313 e. The second kappa shape index (κ2) is 10.6. The third-order valence-electron chi connectivity index (χ3n) is 2.64. The molecule has 0 saturated carbocycles. The summed E-state index contributed by atoms with van der Waals surface area (Å²) in [5, 5.41) is 1.18. The third-order valence-corrected chi connectivity index (χ3v) is 3.20. The maximum atomic E-state index is 3.48. The summed E-state index contributed by atoms with van der Waals surface area (Å²) in [4.78, 5) is 0. The SMILES string of the molecule is CCCC(CCC)CCCCCBr. The zero-order valence-electron chi connectivity index (χ0n) is 9.32. The number of hydrogen-bond donors (Lipinski definition) is 0. The number of halogens is 1. The molecule has 0 heterocycles. The Labute approximate surface area is 92.6 Å². The van der Waals surface area contributed by atoms with Gasteiger partial charge in [0.2, 0.25) is 0 Å². The van der Waals surface area contributed by atoms with Crippen LogP contribution in [0.5, 0.6) is 0 Å². The van der Waals surface area contributed by atoms with Crippen LogP contribution in [0.3, 0.4) is 0 Å². The van der Waals surface area contributed by atoms with Crippen LogP contribution in [0, 0.1) is 5.92 Å². The summed E-state index contributed by atoms with van der Waals surface area (Å²) in [7, 11) is 0. The fourth-order valence-corrected chi connectivity index (χ4v) is 2.35. The molecule has 0 amide bonds. The van der Waals surface area contributed by atoms with Crippen molar-refractivity contribution in [3.8, 4) is 0 Å². The average molecular weight is 249 g/mol. The van der Waals surface area contributed by atoms with Gasteiger partial charge in [-0.1, -0.05) is 74.7 Å². The highest BCUT2D eigenvalue weighted by Crippen LogP contribution is 2.20. The van der Waals surface area contributed by atoms with Crippen molar-refractivity contribution in [2.45, 2.75) is 65.2 Å². The first-order valence-corrected chi connectivity index (χ1v) is 7.03. The molecule has 1 heteroatoms. The molecule has 0 saturated heterocycles. The minimum absolute atomic E-state index is 1.02. The Bertz CT molecular complexity index is 85.1. The molecule has 0 atom stereocenters. The lowest BCUT2D eigenvalue weighted by molar-refractivity contribution is 0.394. The number of alkyl halides is 1. The maximum absolute atomic E-state index is 3.48. The van der Waals surface area contributed by atoms with Gasteiger partial charge in [-0.05, 0) is 12.3 Å². The highest BCUT2D eigenvalue weighted by atomic mass is 79.9. The van der Waals surface area contributed by atoms with Crippen LogP contribution < -0.4 is 0 Å². The van der Waals surface area contributed by atoms with Gasteiger partial charge in [-0.25, -0.2) is 0 Å². The quantitative estimate of drug-likeness (QED) is 0.391. The van der Waals surface area contributed by atoms with Crippen molar-refractivity contribution in [3.63, 3.8) is 0 Å². The largest absolute Gasteiger partial charge is 0.0928 e. The smallest absolute Gasteiger partial charge is 0.00313 e. The molecule has 0 N–H and O–H groups in total. The molecule has 0 spiro atoms. The Morgan fingerprint density at radius 2 is 1.46 bits per heavy atom. The van der Waals surface area contributed by atoms with Crippen LogP contribution in [0.1, 0.15) is 65.2 Å². The number of hydrogen-bond acceptors (Lipinski definition) is 0. The zero-order chi connectivity index (χ0) is 9.94. The van der Waals surface area contributed by atoms with Crippen LogP contribution in [0.2, 0.25) is 0 Å². The van der Waals surface area contributed by atoms with Crippen LogP contribution in [-0.2, 0) is 0 Å². The Morgan fingerprint density at radius 1 is 0.846 bits per heavy atom. The standard InChI is InChI=1S/C12H25Br/c1-3-8-12(9-4-2)10-6-5-7-11-13/h12H,3-11H2,1-2H3. The topological polar surface area (TPSA) is 0 Å². The molecule has 0 unspecified atom stereocenters. The van der Waals surface area contributed by atoms with Gasteiger partial charge in [-0.3, -0.25) is 0 Å². The average Bonchev–Trinajstić information content (AvgIpc) is 2.13. The van der Waals surface area contributed by atoms with Gasteiger partial charge >= 0.3 is 0 Å². The summed E-state index contributed by atoms with van der Waals surface area (Å²) in [6, 6.07) is 0. The van der Waals surface area contributed by atoms with Crippen LogP contribution in [0.15, 0.2) is 0 Å². The molecule has 0 aliphatic heterocycles. The van der Waals surface area contributed by atoms with Crippen molar-refractivity contribution in [1.82, 2.24) is 0 Å². The van der Waals surface area contributed by atoms with Crippen molar-refractivity contribution in [3.05, 3.63) is 0 Å². The van der Waals surface area contributed by atoms with Gasteiger partial charge in [-0.2, -0.15) is 0 Å². The molecule has 0 aromatic heterocycles. The summed E-state index contributed by atoms with van der Waals surface area (Å²) in [6.45, 7) is 4.61. The predicted molar refractivity (Wildman–Crippen MR) is 65.6 cm³/mol. The highest BCUT2D eigenvalue weighted by molar-refractivity contribution is 9.09. The minimum Gasteiger partial charge on any atom is -0.0928 e. The Morgan fingerprint density at radius 3 is 1.92 bits per heavy atom. The van der Waals surface area contributed by atoms with Crippen LogP contribution in [0.4, 0.5) is 0 Å². The van der Waals surface area contributed by atoms with Crippen LogP contribution in [-0.4, -0.2) is 5.33 Å². The molecule has 0 radical (unpaired) electrons. The van der Waals surface area contributed by atoms with Gasteiger partial charge in [0.25, 0.3) is 0 Å². The van der Waals surface area contributed by atoms with Crippen LogP contribution in [0.25, 0.3) is 0 Å². The lowest BCUT2D eigenvalue weighted by Crippen LogP contribution is -1.99. The van der Waals surface area contributed by atoms with E-state index in [1.54, 1.807) is 0 Å². The van der Waals surface area contributed by atoms with Crippen molar-refractivity contribution in [1.29, 1.82) is 0 Å². The van der Waals surface area contributed by atoms with Crippen molar-refractivity contribution in [2.24, 2.45) is 5.92 Å². The van der Waals surface area contributed by atoms with Gasteiger partial charge in [0.1, 0.15) is 0 Å². The molecule has 13 heavy (non-hydrogen) atoms. The first-order chi connectivity index (χ1) is 6.35. The van der Waals surface area contributed by atoms with Crippen molar-refractivity contribution in [2.75, 3.05) is 5.33 Å². The van der Waals surface area contributed by atoms with Gasteiger partial charge in [-0.15, -0.1) is 0 Å². The van der Waals surface area contributed by atoms with Crippen molar-refractivity contribution < 1.29 is 0 Å². The van der Waals surface area contributed by atoms with E-state index in [9.17, 15) is 0 Å². The van der Waals surface area contributed by atoms with Gasteiger partial charge in [0.15, 0.2) is 0 Å². The molecule has 0 bridgehead atoms. The lowest BCUT2D eigenvalue weighted by Gasteiger charge is -2.14. The van der Waals surface area contributed by atoms with E-state index >= 15 is 0 Å². The van der Waals surface area contributed by atoms with Crippen molar-refractivity contribution >= 4 is 15.9 Å². The van der Waals surface area contributed by atoms with E-state index in [4.69, 9.17) is 0 Å². The molecule has 0 nitrogen and oxygen atoms in total. The monoisotopic (exact) mass is 248 g/mol. The van der Waals surface area contributed by atoms with E-state index in [0.29, 0.717) is 0 Å². The summed E-state index contributed by atoms with van der Waals surface area (Å²) in [5.41, 5.74) is 0. The first kappa shape index (κ1) is 13.5. The van der Waals surface area contributed by atoms with E-state index in [1.165, 1.54) is 56.7 Å². The van der Waals surface area contributed by atoms with Crippen LogP contribution >= 0.6 is 15.9 Å². The van der Waals surface area contributed by atoms with E-state index in [0.717, 1.165) is 5.92 Å². The summed E-state index contributed by atoms with van der Waals surface area (Å²) >= 11 is 3.48. The molecule has 0 fully saturated rings. The summed E-state index contributed by atoms with van der Waals surface area (Å²) in [5.74, 6) is 1.02. The number of rotatable bonds is 9. The van der Waals surface area contributed by atoms with E-state index in [-0.39, 0.29) is 0 Å². The molecule has 0 rings (SSSR count).